The summed E-state index contributed by atoms with van der Waals surface area (Å²) in [5.41, 5.74) is 3.69. The normalized spacial score (nSPS) is 16.3. The zero-order valence-electron chi connectivity index (χ0n) is 16.4. The molecule has 4 rings (SSSR count). The molecule has 1 aromatic heterocycles. The van der Waals surface area contributed by atoms with Crippen LogP contribution in [-0.4, -0.2) is 24.2 Å². The number of benzene rings is 2. The molecule has 0 saturated carbocycles. The van der Waals surface area contributed by atoms with Crippen LogP contribution in [0, 0.1) is 0 Å². The van der Waals surface area contributed by atoms with Crippen molar-refractivity contribution in [1.82, 2.24) is 4.98 Å². The van der Waals surface area contributed by atoms with Crippen LogP contribution >= 0.6 is 0 Å². The van der Waals surface area contributed by atoms with Gasteiger partial charge in [-0.2, -0.15) is 0 Å². The van der Waals surface area contributed by atoms with Gasteiger partial charge in [0.25, 0.3) is 0 Å². The monoisotopic (exact) mass is 374 g/mol. The first-order valence-electron chi connectivity index (χ1n) is 9.86. The third-order valence-corrected chi connectivity index (χ3v) is 5.08. The van der Waals surface area contributed by atoms with Gasteiger partial charge in [0.15, 0.2) is 0 Å². The Morgan fingerprint density at radius 3 is 2.25 bits per heavy atom. The lowest BCUT2D eigenvalue weighted by atomic mass is 10.0. The van der Waals surface area contributed by atoms with E-state index >= 15 is 0 Å². The van der Waals surface area contributed by atoms with E-state index in [1.54, 1.807) is 6.20 Å². The van der Waals surface area contributed by atoms with Crippen LogP contribution in [-0.2, 0) is 4.74 Å². The van der Waals surface area contributed by atoms with Crippen molar-refractivity contribution in [3.8, 4) is 11.6 Å². The van der Waals surface area contributed by atoms with Crippen molar-refractivity contribution in [3.63, 3.8) is 0 Å². The largest absolute Gasteiger partial charge is 0.439 e. The second-order valence-corrected chi connectivity index (χ2v) is 7.40. The Labute approximate surface area is 166 Å². The van der Waals surface area contributed by atoms with E-state index in [-0.39, 0.29) is 0 Å². The summed E-state index contributed by atoms with van der Waals surface area (Å²) in [7, 11) is 0. The Bertz CT molecular complexity index is 871. The third kappa shape index (κ3) is 4.18. The summed E-state index contributed by atoms with van der Waals surface area (Å²) in [4.78, 5) is 6.59. The van der Waals surface area contributed by atoms with E-state index in [1.165, 1.54) is 11.3 Å². The number of hydrogen-bond acceptors (Lipinski definition) is 4. The van der Waals surface area contributed by atoms with Crippen molar-refractivity contribution in [3.05, 3.63) is 78.5 Å². The highest BCUT2D eigenvalue weighted by Gasteiger charge is 2.25. The zero-order chi connectivity index (χ0) is 19.3. The number of rotatable bonds is 6. The number of pyridine rings is 1. The third-order valence-electron chi connectivity index (χ3n) is 5.08. The van der Waals surface area contributed by atoms with E-state index in [9.17, 15) is 0 Å². The van der Waals surface area contributed by atoms with Gasteiger partial charge in [-0.3, -0.25) is 0 Å². The standard InChI is InChI=1S/C24H26N2O2/c1-18(2)19-6-8-20(9-7-19)26(22-14-16-27-17-22)21-10-12-23(13-11-21)28-24-5-3-4-15-25-24/h3-13,15,18,22H,14,16-17H2,1-2H3. The van der Waals surface area contributed by atoms with Crippen molar-refractivity contribution in [1.29, 1.82) is 0 Å². The fourth-order valence-electron chi connectivity index (χ4n) is 3.52. The number of aromatic nitrogens is 1. The fourth-order valence-corrected chi connectivity index (χ4v) is 3.52. The molecule has 0 aliphatic carbocycles. The minimum atomic E-state index is 0.340. The van der Waals surface area contributed by atoms with Gasteiger partial charge in [-0.05, 0) is 60.4 Å². The molecule has 0 amide bonds. The molecule has 1 unspecified atom stereocenters. The molecule has 144 valence electrons. The quantitative estimate of drug-likeness (QED) is 0.536. The number of anilines is 2. The van der Waals surface area contributed by atoms with Gasteiger partial charge in [0.1, 0.15) is 5.75 Å². The SMILES string of the molecule is CC(C)c1ccc(N(c2ccc(Oc3ccccn3)cc2)C2CCOC2)cc1. The Morgan fingerprint density at radius 1 is 0.964 bits per heavy atom. The maximum absolute atomic E-state index is 5.83. The molecule has 3 aromatic rings. The Balaban J connectivity index is 1.59. The summed E-state index contributed by atoms with van der Waals surface area (Å²) < 4.78 is 11.5. The van der Waals surface area contributed by atoms with E-state index in [0.717, 1.165) is 31.1 Å². The van der Waals surface area contributed by atoms with E-state index < -0.39 is 0 Å². The van der Waals surface area contributed by atoms with Crippen molar-refractivity contribution in [2.75, 3.05) is 18.1 Å². The molecular formula is C24H26N2O2. The molecule has 28 heavy (non-hydrogen) atoms. The van der Waals surface area contributed by atoms with Gasteiger partial charge in [-0.1, -0.05) is 32.0 Å². The van der Waals surface area contributed by atoms with Crippen molar-refractivity contribution in [2.45, 2.75) is 32.2 Å². The first-order valence-corrected chi connectivity index (χ1v) is 9.86. The van der Waals surface area contributed by atoms with Crippen LogP contribution in [0.15, 0.2) is 72.9 Å². The molecule has 1 fully saturated rings. The van der Waals surface area contributed by atoms with Crippen molar-refractivity contribution in [2.24, 2.45) is 0 Å². The zero-order valence-corrected chi connectivity index (χ0v) is 16.4. The van der Waals surface area contributed by atoms with E-state index in [2.05, 4.69) is 60.1 Å². The van der Waals surface area contributed by atoms with Crippen LogP contribution in [0.5, 0.6) is 11.6 Å². The Morgan fingerprint density at radius 2 is 1.68 bits per heavy atom. The number of ether oxygens (including phenoxy) is 2. The highest BCUT2D eigenvalue weighted by molar-refractivity contribution is 5.65. The summed E-state index contributed by atoms with van der Waals surface area (Å²) >= 11 is 0. The Hall–Kier alpha value is -2.85. The second-order valence-electron chi connectivity index (χ2n) is 7.40. The summed E-state index contributed by atoms with van der Waals surface area (Å²) in [6.07, 6.45) is 2.75. The highest BCUT2D eigenvalue weighted by Crippen LogP contribution is 2.33. The van der Waals surface area contributed by atoms with Gasteiger partial charge in [-0.15, -0.1) is 0 Å². The lowest BCUT2D eigenvalue weighted by Gasteiger charge is -2.31. The molecule has 0 N–H and O–H groups in total. The van der Waals surface area contributed by atoms with Crippen LogP contribution in [0.1, 0.15) is 31.7 Å². The lowest BCUT2D eigenvalue weighted by Crippen LogP contribution is -2.31. The predicted octanol–water partition coefficient (Wildman–Crippen LogP) is 5.92. The maximum atomic E-state index is 5.83. The molecule has 0 spiro atoms. The first-order chi connectivity index (χ1) is 13.7. The molecule has 4 heteroatoms. The molecule has 1 aliphatic rings. The minimum Gasteiger partial charge on any atom is -0.439 e. The summed E-state index contributed by atoms with van der Waals surface area (Å²) in [5, 5.41) is 0. The van der Waals surface area contributed by atoms with Crippen LogP contribution in [0.3, 0.4) is 0 Å². The molecule has 2 heterocycles. The topological polar surface area (TPSA) is 34.6 Å². The van der Waals surface area contributed by atoms with Gasteiger partial charge >= 0.3 is 0 Å². The van der Waals surface area contributed by atoms with Gasteiger partial charge in [0.2, 0.25) is 5.88 Å². The molecular weight excluding hydrogens is 348 g/mol. The molecule has 0 radical (unpaired) electrons. The summed E-state index contributed by atoms with van der Waals surface area (Å²) in [6, 6.07) is 23.1. The summed E-state index contributed by atoms with van der Waals surface area (Å²) in [5.74, 6) is 1.90. The van der Waals surface area contributed by atoms with E-state index in [4.69, 9.17) is 9.47 Å². The van der Waals surface area contributed by atoms with Crippen LogP contribution < -0.4 is 9.64 Å². The second kappa shape index (κ2) is 8.44. The minimum absolute atomic E-state index is 0.340. The van der Waals surface area contributed by atoms with Crippen molar-refractivity contribution < 1.29 is 9.47 Å². The van der Waals surface area contributed by atoms with Gasteiger partial charge in [0, 0.05) is 30.2 Å². The highest BCUT2D eigenvalue weighted by atomic mass is 16.5. The van der Waals surface area contributed by atoms with Crippen molar-refractivity contribution >= 4 is 11.4 Å². The molecule has 4 nitrogen and oxygen atoms in total. The van der Waals surface area contributed by atoms with E-state index in [0.29, 0.717) is 17.8 Å². The maximum Gasteiger partial charge on any atom is 0.219 e. The van der Waals surface area contributed by atoms with Crippen LogP contribution in [0.2, 0.25) is 0 Å². The number of nitrogens with zero attached hydrogens (tertiary/aromatic N) is 2. The molecule has 1 saturated heterocycles. The van der Waals surface area contributed by atoms with Gasteiger partial charge < -0.3 is 14.4 Å². The summed E-state index contributed by atoms with van der Waals surface area (Å²) in [6.45, 7) is 6.00. The van der Waals surface area contributed by atoms with Crippen LogP contribution in [0.4, 0.5) is 11.4 Å². The predicted molar refractivity (Wildman–Crippen MR) is 113 cm³/mol. The van der Waals surface area contributed by atoms with Crippen LogP contribution in [0.25, 0.3) is 0 Å². The first kappa shape index (κ1) is 18.5. The number of hydrogen-bond donors (Lipinski definition) is 0. The average Bonchev–Trinajstić information content (AvgIpc) is 3.25. The average molecular weight is 374 g/mol. The molecule has 1 aliphatic heterocycles. The Kier molecular flexibility index (Phi) is 5.58. The molecule has 2 aromatic carbocycles. The van der Waals surface area contributed by atoms with Gasteiger partial charge in [0.05, 0.1) is 12.6 Å². The molecule has 1 atom stereocenters. The molecule has 0 bridgehead atoms. The smallest absolute Gasteiger partial charge is 0.219 e. The van der Waals surface area contributed by atoms with Gasteiger partial charge in [-0.25, -0.2) is 4.98 Å². The van der Waals surface area contributed by atoms with E-state index in [1.807, 2.05) is 30.3 Å². The fraction of sp³-hybridized carbons (Fsp3) is 0.292. The lowest BCUT2D eigenvalue weighted by molar-refractivity contribution is 0.194.